The Morgan fingerprint density at radius 3 is 3.22 bits per heavy atom. The second-order valence-corrected chi connectivity index (χ2v) is 1.52. The van der Waals surface area contributed by atoms with Gasteiger partial charge in [-0.05, 0) is 0 Å². The van der Waals surface area contributed by atoms with Gasteiger partial charge in [0, 0.05) is 6.08 Å². The van der Waals surface area contributed by atoms with Gasteiger partial charge in [-0.15, -0.1) is 0 Å². The Bertz CT molecular complexity index is 160. The molecule has 1 aliphatic heterocycles. The first kappa shape index (κ1) is 6.04. The molecule has 0 spiro atoms. The minimum atomic E-state index is 0.0272. The van der Waals surface area contributed by atoms with Crippen molar-refractivity contribution in [3.63, 3.8) is 0 Å². The first-order chi connectivity index (χ1) is 4.39. The molecule has 0 saturated heterocycles. The van der Waals surface area contributed by atoms with Gasteiger partial charge in [0.15, 0.2) is 0 Å². The van der Waals surface area contributed by atoms with Crippen molar-refractivity contribution in [1.29, 1.82) is 5.41 Å². The zero-order valence-electron chi connectivity index (χ0n) is 4.83. The van der Waals surface area contributed by atoms with Crippen LogP contribution in [0.2, 0.25) is 0 Å². The molecule has 0 unspecified atom stereocenters. The average Bonchev–Trinajstić information content (AvgIpc) is 1.79. The van der Waals surface area contributed by atoms with Crippen LogP contribution in [-0.2, 0) is 9.78 Å². The molecule has 1 aliphatic rings. The Hall–Kier alpha value is -1.09. The highest BCUT2D eigenvalue weighted by Gasteiger charge is 1.91. The van der Waals surface area contributed by atoms with E-state index in [0.717, 1.165) is 0 Å². The molecular weight excluding hydrogens is 118 g/mol. The summed E-state index contributed by atoms with van der Waals surface area (Å²) < 4.78 is 0. The minimum absolute atomic E-state index is 0.0272. The fourth-order valence-electron chi connectivity index (χ4n) is 0.442. The lowest BCUT2D eigenvalue weighted by molar-refractivity contribution is -0.211. The predicted octanol–water partition coefficient (Wildman–Crippen LogP) is 1.04. The van der Waals surface area contributed by atoms with Gasteiger partial charge in [0.05, 0.1) is 0 Å². The van der Waals surface area contributed by atoms with Crippen LogP contribution in [0, 0.1) is 5.41 Å². The molecule has 9 heavy (non-hydrogen) atoms. The molecule has 0 amide bonds. The molecule has 0 atom stereocenters. The normalized spacial score (nSPS) is 18.4. The first-order valence-electron chi connectivity index (χ1n) is 2.61. The monoisotopic (exact) mass is 125 g/mol. The van der Waals surface area contributed by atoms with E-state index < -0.39 is 0 Å². The molecule has 0 bridgehead atoms. The molecule has 0 radical (unpaired) electrons. The molecule has 1 heterocycles. The van der Waals surface area contributed by atoms with Gasteiger partial charge in [-0.2, -0.15) is 4.89 Å². The summed E-state index contributed by atoms with van der Waals surface area (Å²) in [6.45, 7) is 0.396. The molecule has 0 fully saturated rings. The van der Waals surface area contributed by atoms with Crippen LogP contribution in [0.15, 0.2) is 24.3 Å². The molecule has 48 valence electrons. The Morgan fingerprint density at radius 1 is 1.44 bits per heavy atom. The topological polar surface area (TPSA) is 42.3 Å². The fraction of sp³-hybridized carbons (Fsp3) is 0.167. The number of nitrogens with one attached hydrogen (secondary N) is 1. The molecule has 0 aromatic rings. The van der Waals surface area contributed by atoms with Gasteiger partial charge >= 0.3 is 0 Å². The smallest absolute Gasteiger partial charge is 0.248 e. The van der Waals surface area contributed by atoms with E-state index in [1.807, 2.05) is 0 Å². The molecular formula is C6H7NO2. The van der Waals surface area contributed by atoms with E-state index in [-0.39, 0.29) is 5.90 Å². The molecule has 0 aromatic heterocycles. The van der Waals surface area contributed by atoms with Gasteiger partial charge in [-0.25, -0.2) is 0 Å². The molecule has 0 aliphatic carbocycles. The Kier molecular flexibility index (Phi) is 2.04. The van der Waals surface area contributed by atoms with E-state index in [9.17, 15) is 0 Å². The SMILES string of the molecule is N=C1C=CC=CCOO1. The van der Waals surface area contributed by atoms with Gasteiger partial charge < -0.3 is 4.89 Å². The largest absolute Gasteiger partial charge is 0.317 e. The maximum absolute atomic E-state index is 6.96. The summed E-state index contributed by atoms with van der Waals surface area (Å²) in [6.07, 6.45) is 6.83. The quantitative estimate of drug-likeness (QED) is 0.491. The summed E-state index contributed by atoms with van der Waals surface area (Å²) in [7, 11) is 0. The lowest BCUT2D eigenvalue weighted by Crippen LogP contribution is -2.02. The number of allylic oxidation sites excluding steroid dienone is 2. The standard InChI is InChI=1S/C6H7NO2/c7-6-4-2-1-3-5-8-9-6/h1-4,7H,5H2. The van der Waals surface area contributed by atoms with E-state index in [2.05, 4.69) is 9.78 Å². The molecule has 0 saturated carbocycles. The summed E-state index contributed by atoms with van der Waals surface area (Å²) in [4.78, 5) is 8.95. The van der Waals surface area contributed by atoms with Crippen molar-refractivity contribution in [3.05, 3.63) is 24.3 Å². The van der Waals surface area contributed by atoms with Crippen molar-refractivity contribution in [1.82, 2.24) is 0 Å². The molecule has 0 aromatic carbocycles. The summed E-state index contributed by atoms with van der Waals surface area (Å²) in [5, 5.41) is 6.96. The highest BCUT2D eigenvalue weighted by Crippen LogP contribution is 1.90. The van der Waals surface area contributed by atoms with Crippen molar-refractivity contribution in [2.45, 2.75) is 0 Å². The molecule has 1 rings (SSSR count). The van der Waals surface area contributed by atoms with Crippen molar-refractivity contribution < 1.29 is 9.78 Å². The Morgan fingerprint density at radius 2 is 2.33 bits per heavy atom. The second-order valence-electron chi connectivity index (χ2n) is 1.52. The maximum atomic E-state index is 6.96. The zero-order chi connectivity index (χ0) is 6.53. The minimum Gasteiger partial charge on any atom is -0.317 e. The lowest BCUT2D eigenvalue weighted by atomic mass is 10.4. The zero-order valence-corrected chi connectivity index (χ0v) is 4.83. The summed E-state index contributed by atoms with van der Waals surface area (Å²) in [6, 6.07) is 0. The van der Waals surface area contributed by atoms with E-state index in [1.165, 1.54) is 6.08 Å². The van der Waals surface area contributed by atoms with E-state index in [1.54, 1.807) is 18.2 Å². The van der Waals surface area contributed by atoms with Crippen LogP contribution < -0.4 is 0 Å². The average molecular weight is 125 g/mol. The van der Waals surface area contributed by atoms with Crippen LogP contribution in [0.1, 0.15) is 0 Å². The number of hydrogen-bond acceptors (Lipinski definition) is 3. The Balaban J connectivity index is 2.54. The van der Waals surface area contributed by atoms with Crippen LogP contribution in [0.5, 0.6) is 0 Å². The van der Waals surface area contributed by atoms with Crippen molar-refractivity contribution in [2.24, 2.45) is 0 Å². The van der Waals surface area contributed by atoms with Crippen LogP contribution in [0.25, 0.3) is 0 Å². The maximum Gasteiger partial charge on any atom is 0.248 e. The van der Waals surface area contributed by atoms with Crippen molar-refractivity contribution in [3.8, 4) is 0 Å². The van der Waals surface area contributed by atoms with Gasteiger partial charge in [0.2, 0.25) is 5.90 Å². The summed E-state index contributed by atoms with van der Waals surface area (Å²) in [5.74, 6) is 0.0272. The van der Waals surface area contributed by atoms with Gasteiger partial charge in [0.1, 0.15) is 6.61 Å². The van der Waals surface area contributed by atoms with E-state index in [0.29, 0.717) is 6.61 Å². The third-order valence-electron chi connectivity index (χ3n) is 0.808. The van der Waals surface area contributed by atoms with Gasteiger partial charge in [0.25, 0.3) is 0 Å². The second kappa shape index (κ2) is 3.04. The molecule has 3 nitrogen and oxygen atoms in total. The van der Waals surface area contributed by atoms with Crippen molar-refractivity contribution in [2.75, 3.05) is 6.61 Å². The summed E-state index contributed by atoms with van der Waals surface area (Å²) >= 11 is 0. The number of hydrogen-bond donors (Lipinski definition) is 1. The van der Waals surface area contributed by atoms with Crippen LogP contribution >= 0.6 is 0 Å². The predicted molar refractivity (Wildman–Crippen MR) is 33.0 cm³/mol. The highest BCUT2D eigenvalue weighted by molar-refractivity contribution is 5.84. The molecule has 1 N–H and O–H groups in total. The van der Waals surface area contributed by atoms with Crippen LogP contribution in [0.4, 0.5) is 0 Å². The van der Waals surface area contributed by atoms with Crippen LogP contribution in [0.3, 0.4) is 0 Å². The highest BCUT2D eigenvalue weighted by atomic mass is 17.2. The Labute approximate surface area is 53.0 Å². The fourth-order valence-corrected chi connectivity index (χ4v) is 0.442. The van der Waals surface area contributed by atoms with E-state index >= 15 is 0 Å². The number of rotatable bonds is 0. The van der Waals surface area contributed by atoms with Crippen LogP contribution in [-0.4, -0.2) is 12.5 Å². The molecule has 3 heteroatoms. The van der Waals surface area contributed by atoms with Gasteiger partial charge in [-0.1, -0.05) is 18.2 Å². The first-order valence-corrected chi connectivity index (χ1v) is 2.61. The third-order valence-corrected chi connectivity index (χ3v) is 0.808. The lowest BCUT2D eigenvalue weighted by Gasteiger charge is -2.00. The third kappa shape index (κ3) is 2.10. The van der Waals surface area contributed by atoms with Gasteiger partial charge in [-0.3, -0.25) is 5.41 Å². The van der Waals surface area contributed by atoms with E-state index in [4.69, 9.17) is 5.41 Å². The summed E-state index contributed by atoms with van der Waals surface area (Å²) in [5.41, 5.74) is 0. The van der Waals surface area contributed by atoms with Crippen molar-refractivity contribution >= 4 is 5.90 Å².